The molecule has 2 aliphatic rings. The van der Waals surface area contributed by atoms with E-state index in [-0.39, 0.29) is 12.1 Å². The van der Waals surface area contributed by atoms with Crippen molar-refractivity contribution in [3.05, 3.63) is 30.1 Å². The van der Waals surface area contributed by atoms with Gasteiger partial charge >= 0.3 is 0 Å². The number of piperidine rings is 1. The number of likely N-dealkylation sites (tertiary alicyclic amines) is 1. The first-order valence-electron chi connectivity index (χ1n) is 10.9. The standard InChI is InChI=1S/C22H30N6O3/c1-31-20-12-17(6-9-23-20)26-22-24-13-19(15-7-10-28(14-29)11-8-15)21(27-22)25-16-2-4-18(30)5-3-16/h6,9,12-16,18,30H,2-5,7-8,10-11H2,1H3,(H2,23,24,25,26,27). The Morgan fingerprint density at radius 1 is 1.16 bits per heavy atom. The normalized spacial score (nSPS) is 22.1. The van der Waals surface area contributed by atoms with Crippen molar-refractivity contribution in [2.75, 3.05) is 30.8 Å². The summed E-state index contributed by atoms with van der Waals surface area (Å²) in [6.45, 7) is 1.50. The number of carbonyl (C=O) groups is 1. The molecule has 1 saturated carbocycles. The molecule has 2 fully saturated rings. The van der Waals surface area contributed by atoms with Crippen molar-refractivity contribution < 1.29 is 14.6 Å². The molecular formula is C22H30N6O3. The highest BCUT2D eigenvalue weighted by Gasteiger charge is 2.26. The van der Waals surface area contributed by atoms with Gasteiger partial charge in [0.2, 0.25) is 18.2 Å². The van der Waals surface area contributed by atoms with E-state index in [9.17, 15) is 9.90 Å². The summed E-state index contributed by atoms with van der Waals surface area (Å²) in [5, 5.41) is 16.7. The monoisotopic (exact) mass is 426 g/mol. The third-order valence-electron chi connectivity index (χ3n) is 6.17. The van der Waals surface area contributed by atoms with Gasteiger partial charge in [0.1, 0.15) is 5.82 Å². The number of aliphatic hydroxyl groups excluding tert-OH is 1. The fourth-order valence-electron chi connectivity index (χ4n) is 4.32. The smallest absolute Gasteiger partial charge is 0.229 e. The van der Waals surface area contributed by atoms with Crippen molar-refractivity contribution in [2.45, 2.75) is 56.6 Å². The van der Waals surface area contributed by atoms with Crippen molar-refractivity contribution >= 4 is 23.9 Å². The number of pyridine rings is 1. The van der Waals surface area contributed by atoms with Crippen LogP contribution in [-0.4, -0.2) is 63.7 Å². The number of aromatic nitrogens is 3. The molecule has 0 bridgehead atoms. The summed E-state index contributed by atoms with van der Waals surface area (Å²) in [5.74, 6) is 2.16. The molecule has 2 aromatic rings. The molecule has 1 aliphatic carbocycles. The molecule has 0 aromatic carbocycles. The van der Waals surface area contributed by atoms with Gasteiger partial charge in [-0.25, -0.2) is 9.97 Å². The summed E-state index contributed by atoms with van der Waals surface area (Å²) in [4.78, 5) is 26.4. The molecular weight excluding hydrogens is 396 g/mol. The van der Waals surface area contributed by atoms with Crippen molar-refractivity contribution in [1.29, 1.82) is 0 Å². The maximum absolute atomic E-state index is 11.1. The van der Waals surface area contributed by atoms with Gasteiger partial charge < -0.3 is 25.4 Å². The minimum Gasteiger partial charge on any atom is -0.481 e. The van der Waals surface area contributed by atoms with Crippen LogP contribution in [0, 0.1) is 0 Å². The minimum atomic E-state index is -0.200. The zero-order valence-electron chi connectivity index (χ0n) is 17.8. The van der Waals surface area contributed by atoms with Crippen LogP contribution in [0.3, 0.4) is 0 Å². The third-order valence-corrected chi connectivity index (χ3v) is 6.17. The quantitative estimate of drug-likeness (QED) is 0.579. The van der Waals surface area contributed by atoms with Gasteiger partial charge in [-0.2, -0.15) is 4.98 Å². The first kappa shape index (κ1) is 21.3. The first-order valence-corrected chi connectivity index (χ1v) is 10.9. The van der Waals surface area contributed by atoms with Crippen molar-refractivity contribution in [3.63, 3.8) is 0 Å². The lowest BCUT2D eigenvalue weighted by Gasteiger charge is -2.32. The summed E-state index contributed by atoms with van der Waals surface area (Å²) in [7, 11) is 1.58. The second-order valence-corrected chi connectivity index (χ2v) is 8.27. The topological polar surface area (TPSA) is 112 Å². The fourth-order valence-corrected chi connectivity index (χ4v) is 4.32. The maximum Gasteiger partial charge on any atom is 0.229 e. The second-order valence-electron chi connectivity index (χ2n) is 8.27. The van der Waals surface area contributed by atoms with E-state index in [1.54, 1.807) is 19.4 Å². The Morgan fingerprint density at radius 3 is 2.65 bits per heavy atom. The molecule has 31 heavy (non-hydrogen) atoms. The number of nitrogens with zero attached hydrogens (tertiary/aromatic N) is 4. The van der Waals surface area contributed by atoms with Gasteiger partial charge in [0.15, 0.2) is 0 Å². The zero-order chi connectivity index (χ0) is 21.6. The predicted octanol–water partition coefficient (Wildman–Crippen LogP) is 2.68. The van der Waals surface area contributed by atoms with Crippen LogP contribution in [0.25, 0.3) is 0 Å². The number of ether oxygens (including phenoxy) is 1. The molecule has 9 heteroatoms. The average molecular weight is 427 g/mol. The van der Waals surface area contributed by atoms with E-state index < -0.39 is 0 Å². The van der Waals surface area contributed by atoms with Crippen LogP contribution < -0.4 is 15.4 Å². The Balaban J connectivity index is 1.55. The van der Waals surface area contributed by atoms with Crippen molar-refractivity contribution in [1.82, 2.24) is 19.9 Å². The van der Waals surface area contributed by atoms with Crippen LogP contribution in [0.4, 0.5) is 17.5 Å². The zero-order valence-corrected chi connectivity index (χ0v) is 17.8. The Kier molecular flexibility index (Phi) is 6.81. The maximum atomic E-state index is 11.1. The minimum absolute atomic E-state index is 0.200. The average Bonchev–Trinajstić information content (AvgIpc) is 2.81. The summed E-state index contributed by atoms with van der Waals surface area (Å²) in [6.07, 6.45) is 9.53. The molecule has 1 amide bonds. The summed E-state index contributed by atoms with van der Waals surface area (Å²) in [5.41, 5.74) is 1.89. The van der Waals surface area contributed by atoms with Gasteiger partial charge in [0.25, 0.3) is 0 Å². The van der Waals surface area contributed by atoms with Crippen molar-refractivity contribution in [3.8, 4) is 5.88 Å². The number of hydrogen-bond acceptors (Lipinski definition) is 8. The SMILES string of the molecule is COc1cc(Nc2ncc(C3CCN(C=O)CC3)c(NC3CCC(O)CC3)n2)ccn1. The van der Waals surface area contributed by atoms with Crippen molar-refractivity contribution in [2.24, 2.45) is 0 Å². The summed E-state index contributed by atoms with van der Waals surface area (Å²) >= 11 is 0. The second kappa shape index (κ2) is 9.91. The number of aliphatic hydroxyl groups is 1. The molecule has 0 unspecified atom stereocenters. The first-order chi connectivity index (χ1) is 15.1. The highest BCUT2D eigenvalue weighted by molar-refractivity contribution is 5.58. The van der Waals surface area contributed by atoms with E-state index >= 15 is 0 Å². The number of anilines is 3. The Morgan fingerprint density at radius 2 is 1.94 bits per heavy atom. The molecule has 1 saturated heterocycles. The van der Waals surface area contributed by atoms with E-state index in [0.29, 0.717) is 17.7 Å². The fraction of sp³-hybridized carbons (Fsp3) is 0.545. The molecule has 0 spiro atoms. The predicted molar refractivity (Wildman–Crippen MR) is 118 cm³/mol. The lowest BCUT2D eigenvalue weighted by Crippen LogP contribution is -2.33. The summed E-state index contributed by atoms with van der Waals surface area (Å²) in [6, 6.07) is 3.91. The number of hydrogen-bond donors (Lipinski definition) is 3. The van der Waals surface area contributed by atoms with Gasteiger partial charge in [-0.15, -0.1) is 0 Å². The van der Waals surface area contributed by atoms with Gasteiger partial charge in [-0.3, -0.25) is 4.79 Å². The third kappa shape index (κ3) is 5.41. The highest BCUT2D eigenvalue weighted by atomic mass is 16.5. The van der Waals surface area contributed by atoms with Crippen LogP contribution >= 0.6 is 0 Å². The molecule has 2 aromatic heterocycles. The largest absolute Gasteiger partial charge is 0.481 e. The number of rotatable bonds is 7. The Hall–Kier alpha value is -2.94. The van der Waals surface area contributed by atoms with Gasteiger partial charge in [0, 0.05) is 48.8 Å². The summed E-state index contributed by atoms with van der Waals surface area (Å²) < 4.78 is 5.19. The van der Waals surface area contributed by atoms with Gasteiger partial charge in [0.05, 0.1) is 13.2 Å². The molecule has 9 nitrogen and oxygen atoms in total. The molecule has 0 radical (unpaired) electrons. The van der Waals surface area contributed by atoms with E-state index in [2.05, 4.69) is 20.6 Å². The molecule has 0 atom stereocenters. The molecule has 4 rings (SSSR count). The van der Waals surface area contributed by atoms with Crippen LogP contribution in [0.5, 0.6) is 5.88 Å². The lowest BCUT2D eigenvalue weighted by molar-refractivity contribution is -0.119. The lowest BCUT2D eigenvalue weighted by atomic mass is 9.89. The van der Waals surface area contributed by atoms with Crippen LogP contribution in [0.1, 0.15) is 50.0 Å². The number of amides is 1. The molecule has 1 aliphatic heterocycles. The highest BCUT2D eigenvalue weighted by Crippen LogP contribution is 2.34. The Bertz CT molecular complexity index is 879. The van der Waals surface area contributed by atoms with Gasteiger partial charge in [-0.05, 0) is 50.5 Å². The molecule has 3 heterocycles. The number of nitrogens with one attached hydrogen (secondary N) is 2. The van der Waals surface area contributed by atoms with Crippen LogP contribution in [0.2, 0.25) is 0 Å². The van der Waals surface area contributed by atoms with E-state index in [1.165, 1.54) is 0 Å². The van der Waals surface area contributed by atoms with E-state index in [4.69, 9.17) is 9.72 Å². The Labute approximate surface area is 182 Å². The molecule has 166 valence electrons. The van der Waals surface area contributed by atoms with Gasteiger partial charge in [-0.1, -0.05) is 0 Å². The van der Waals surface area contributed by atoms with Crippen LogP contribution in [-0.2, 0) is 4.79 Å². The van der Waals surface area contributed by atoms with E-state index in [1.807, 2.05) is 17.2 Å². The molecule has 3 N–H and O–H groups in total. The number of carbonyl (C=O) groups excluding carboxylic acids is 1. The van der Waals surface area contributed by atoms with E-state index in [0.717, 1.165) is 75.1 Å². The van der Waals surface area contributed by atoms with Crippen LogP contribution in [0.15, 0.2) is 24.5 Å². The number of methoxy groups -OCH3 is 1.